The molecule has 1 aliphatic heterocycles. The van der Waals surface area contributed by atoms with Gasteiger partial charge in [0.05, 0.1) is 12.7 Å². The summed E-state index contributed by atoms with van der Waals surface area (Å²) in [5.74, 6) is 1.50. The van der Waals surface area contributed by atoms with E-state index >= 15 is 0 Å². The molecule has 0 bridgehead atoms. The molecule has 0 spiro atoms. The smallest absolute Gasteiger partial charge is 0.231 e. The zero-order valence-electron chi connectivity index (χ0n) is 16.9. The second kappa shape index (κ2) is 9.13. The monoisotopic (exact) mass is 412 g/mol. The number of Topliss-reactive ketones (excluding diaryl/α,β-unsaturated/α-hetero) is 2. The van der Waals surface area contributed by atoms with Crippen molar-refractivity contribution in [3.05, 3.63) is 107 Å². The van der Waals surface area contributed by atoms with Crippen LogP contribution in [0.1, 0.15) is 26.3 Å². The maximum Gasteiger partial charge on any atom is 0.231 e. The van der Waals surface area contributed by atoms with Crippen LogP contribution in [0.4, 0.5) is 0 Å². The summed E-state index contributed by atoms with van der Waals surface area (Å²) in [7, 11) is 1.61. The topological polar surface area (TPSA) is 61.8 Å². The van der Waals surface area contributed by atoms with Crippen LogP contribution in [0.5, 0.6) is 17.2 Å². The molecule has 0 aromatic heterocycles. The summed E-state index contributed by atoms with van der Waals surface area (Å²) in [6.07, 6.45) is 5.20. The third kappa shape index (κ3) is 4.56. The average Bonchev–Trinajstić information content (AvgIpc) is 3.13. The SMILES string of the molecule is COc1ccccc1/C=C/C=C1\Oc2cc(OCC(=O)c3ccccc3)ccc2C1=O. The van der Waals surface area contributed by atoms with Crippen molar-refractivity contribution in [1.29, 1.82) is 0 Å². The highest BCUT2D eigenvalue weighted by molar-refractivity contribution is 6.12. The van der Waals surface area contributed by atoms with Crippen molar-refractivity contribution < 1.29 is 23.8 Å². The van der Waals surface area contributed by atoms with Crippen LogP contribution < -0.4 is 14.2 Å². The van der Waals surface area contributed by atoms with Crippen molar-refractivity contribution in [2.75, 3.05) is 13.7 Å². The molecule has 0 unspecified atom stereocenters. The molecule has 31 heavy (non-hydrogen) atoms. The van der Waals surface area contributed by atoms with Crippen LogP contribution in [0.3, 0.4) is 0 Å². The first-order valence-electron chi connectivity index (χ1n) is 9.75. The number of carbonyl (C=O) groups is 2. The standard InChI is InChI=1S/C26H20O5/c1-29-23-12-6-5-10-19(23)11-7-13-24-26(28)21-15-14-20(16-25(21)31-24)30-17-22(27)18-8-3-2-4-9-18/h2-16H,17H2,1H3/b11-7+,24-13-. The number of ether oxygens (including phenoxy) is 3. The van der Waals surface area contributed by atoms with Gasteiger partial charge in [-0.3, -0.25) is 9.59 Å². The summed E-state index contributed by atoms with van der Waals surface area (Å²) in [5.41, 5.74) is 1.93. The van der Waals surface area contributed by atoms with Crippen molar-refractivity contribution in [2.24, 2.45) is 0 Å². The fourth-order valence-electron chi connectivity index (χ4n) is 3.17. The van der Waals surface area contributed by atoms with Gasteiger partial charge in [-0.2, -0.15) is 0 Å². The lowest BCUT2D eigenvalue weighted by Gasteiger charge is -2.06. The first-order chi connectivity index (χ1) is 15.2. The predicted molar refractivity (Wildman–Crippen MR) is 118 cm³/mol. The van der Waals surface area contributed by atoms with Gasteiger partial charge in [0.2, 0.25) is 5.78 Å². The largest absolute Gasteiger partial charge is 0.496 e. The number of allylic oxidation sites excluding steroid dienone is 3. The maximum absolute atomic E-state index is 12.6. The van der Waals surface area contributed by atoms with Gasteiger partial charge < -0.3 is 14.2 Å². The Morgan fingerprint density at radius 1 is 1.00 bits per heavy atom. The highest BCUT2D eigenvalue weighted by Crippen LogP contribution is 2.34. The number of hydrogen-bond donors (Lipinski definition) is 0. The van der Waals surface area contributed by atoms with Gasteiger partial charge in [-0.05, 0) is 24.3 Å². The molecule has 0 atom stereocenters. The quantitative estimate of drug-likeness (QED) is 0.398. The Labute approximate surface area is 180 Å². The van der Waals surface area contributed by atoms with Gasteiger partial charge in [0.1, 0.15) is 17.2 Å². The first-order valence-corrected chi connectivity index (χ1v) is 9.75. The minimum Gasteiger partial charge on any atom is -0.496 e. The Hall–Kier alpha value is -4.12. The van der Waals surface area contributed by atoms with Crippen molar-refractivity contribution in [3.8, 4) is 17.2 Å². The molecule has 0 N–H and O–H groups in total. The molecule has 1 heterocycles. The third-order valence-corrected chi connectivity index (χ3v) is 4.77. The molecule has 0 aliphatic carbocycles. The number of para-hydroxylation sites is 1. The first kappa shape index (κ1) is 20.2. The molecular weight excluding hydrogens is 392 g/mol. The van der Waals surface area contributed by atoms with Crippen LogP contribution in [0.15, 0.2) is 90.7 Å². The zero-order chi connectivity index (χ0) is 21.6. The molecule has 1 aliphatic rings. The summed E-state index contributed by atoms with van der Waals surface area (Å²) in [6, 6.07) is 21.4. The lowest BCUT2D eigenvalue weighted by Crippen LogP contribution is -2.11. The minimum absolute atomic E-state index is 0.0961. The van der Waals surface area contributed by atoms with Gasteiger partial charge in [-0.25, -0.2) is 0 Å². The third-order valence-electron chi connectivity index (χ3n) is 4.77. The molecule has 5 heteroatoms. The number of carbonyl (C=O) groups excluding carboxylic acids is 2. The van der Waals surface area contributed by atoms with Crippen LogP contribution in [-0.4, -0.2) is 25.3 Å². The molecule has 154 valence electrons. The van der Waals surface area contributed by atoms with Crippen molar-refractivity contribution >= 4 is 17.6 Å². The summed E-state index contributed by atoms with van der Waals surface area (Å²) in [6.45, 7) is -0.0961. The number of ketones is 2. The second-order valence-electron chi connectivity index (χ2n) is 6.80. The van der Waals surface area contributed by atoms with E-state index in [-0.39, 0.29) is 23.9 Å². The van der Waals surface area contributed by atoms with Gasteiger partial charge in [-0.15, -0.1) is 0 Å². The molecular formula is C26H20O5. The van der Waals surface area contributed by atoms with Crippen molar-refractivity contribution in [1.82, 2.24) is 0 Å². The van der Waals surface area contributed by atoms with E-state index in [1.54, 1.807) is 61.7 Å². The number of fused-ring (bicyclic) bond motifs is 1. The van der Waals surface area contributed by atoms with Gasteiger partial charge in [-0.1, -0.05) is 60.7 Å². The van der Waals surface area contributed by atoms with Crippen LogP contribution in [0.2, 0.25) is 0 Å². The maximum atomic E-state index is 12.6. The van der Waals surface area contributed by atoms with Gasteiger partial charge in [0.15, 0.2) is 18.1 Å². The molecule has 0 saturated carbocycles. The Morgan fingerprint density at radius 3 is 2.58 bits per heavy atom. The van der Waals surface area contributed by atoms with E-state index in [2.05, 4.69) is 0 Å². The lowest BCUT2D eigenvalue weighted by atomic mass is 10.1. The lowest BCUT2D eigenvalue weighted by molar-refractivity contribution is 0.0921. The molecule has 3 aromatic rings. The van der Waals surface area contributed by atoms with E-state index in [1.165, 1.54) is 0 Å². The fourth-order valence-corrected chi connectivity index (χ4v) is 3.17. The number of methoxy groups -OCH3 is 1. The molecule has 4 rings (SSSR count). The van der Waals surface area contributed by atoms with Crippen LogP contribution in [-0.2, 0) is 0 Å². The average molecular weight is 412 g/mol. The predicted octanol–water partition coefficient (Wildman–Crippen LogP) is 5.13. The number of benzene rings is 3. The Bertz CT molecular complexity index is 1180. The van der Waals surface area contributed by atoms with Crippen LogP contribution in [0.25, 0.3) is 6.08 Å². The minimum atomic E-state index is -0.202. The van der Waals surface area contributed by atoms with E-state index < -0.39 is 0 Å². The van der Waals surface area contributed by atoms with E-state index in [0.717, 1.165) is 11.3 Å². The Balaban J connectivity index is 1.43. The molecule has 5 nitrogen and oxygen atoms in total. The highest BCUT2D eigenvalue weighted by Gasteiger charge is 2.27. The van der Waals surface area contributed by atoms with Crippen molar-refractivity contribution in [2.45, 2.75) is 0 Å². The van der Waals surface area contributed by atoms with Crippen LogP contribution >= 0.6 is 0 Å². The molecule has 0 radical (unpaired) electrons. The number of hydrogen-bond acceptors (Lipinski definition) is 5. The summed E-state index contributed by atoms with van der Waals surface area (Å²) in [4.78, 5) is 24.8. The second-order valence-corrected chi connectivity index (χ2v) is 6.80. The molecule has 3 aromatic carbocycles. The van der Waals surface area contributed by atoms with Gasteiger partial charge in [0.25, 0.3) is 0 Å². The van der Waals surface area contributed by atoms with Crippen LogP contribution in [0, 0.1) is 0 Å². The summed E-state index contributed by atoms with van der Waals surface area (Å²) < 4.78 is 16.6. The Morgan fingerprint density at radius 2 is 1.77 bits per heavy atom. The normalized spacial score (nSPS) is 13.8. The summed E-state index contributed by atoms with van der Waals surface area (Å²) >= 11 is 0. The number of rotatable bonds is 7. The molecule has 0 fully saturated rings. The molecule has 0 saturated heterocycles. The van der Waals surface area contributed by atoms with E-state index in [9.17, 15) is 9.59 Å². The molecule has 0 amide bonds. The van der Waals surface area contributed by atoms with E-state index in [0.29, 0.717) is 22.6 Å². The fraction of sp³-hybridized carbons (Fsp3) is 0.0769. The van der Waals surface area contributed by atoms with E-state index in [1.807, 2.05) is 36.4 Å². The summed E-state index contributed by atoms with van der Waals surface area (Å²) in [5, 5.41) is 0. The van der Waals surface area contributed by atoms with Gasteiger partial charge in [0, 0.05) is 17.2 Å². The Kier molecular flexibility index (Phi) is 5.94. The van der Waals surface area contributed by atoms with Gasteiger partial charge >= 0.3 is 0 Å². The highest BCUT2D eigenvalue weighted by atomic mass is 16.5. The van der Waals surface area contributed by atoms with Crippen molar-refractivity contribution in [3.63, 3.8) is 0 Å². The van der Waals surface area contributed by atoms with E-state index in [4.69, 9.17) is 14.2 Å². The zero-order valence-corrected chi connectivity index (χ0v) is 16.9.